The van der Waals surface area contributed by atoms with Crippen molar-refractivity contribution in [3.05, 3.63) is 58.3 Å². The molecule has 1 aromatic carbocycles. The molecular formula is C23H31N3O2S. The lowest BCUT2D eigenvalue weighted by molar-refractivity contribution is -0.126. The van der Waals surface area contributed by atoms with E-state index >= 15 is 0 Å². The molecule has 156 valence electrons. The van der Waals surface area contributed by atoms with E-state index in [0.29, 0.717) is 19.6 Å². The van der Waals surface area contributed by atoms with Crippen LogP contribution in [0.25, 0.3) is 0 Å². The number of benzene rings is 1. The van der Waals surface area contributed by atoms with Crippen molar-refractivity contribution in [2.24, 2.45) is 5.92 Å². The Labute approximate surface area is 177 Å². The molecule has 5 nitrogen and oxygen atoms in total. The Hall–Kier alpha value is -2.18. The predicted octanol–water partition coefficient (Wildman–Crippen LogP) is 3.80. The number of thiophene rings is 1. The average Bonchev–Trinajstić information content (AvgIpc) is 3.31. The van der Waals surface area contributed by atoms with Crippen LogP contribution < -0.4 is 5.32 Å². The molecule has 2 aromatic rings. The molecule has 1 fully saturated rings. The quantitative estimate of drug-likeness (QED) is 0.716. The second-order valence-electron chi connectivity index (χ2n) is 7.44. The van der Waals surface area contributed by atoms with E-state index in [-0.39, 0.29) is 23.8 Å². The van der Waals surface area contributed by atoms with Crippen molar-refractivity contribution in [1.29, 1.82) is 0 Å². The predicted molar refractivity (Wildman–Crippen MR) is 118 cm³/mol. The average molecular weight is 414 g/mol. The van der Waals surface area contributed by atoms with Gasteiger partial charge in [-0.15, -0.1) is 11.3 Å². The lowest BCUT2D eigenvalue weighted by atomic mass is 9.95. The third-order valence-corrected chi connectivity index (χ3v) is 6.65. The van der Waals surface area contributed by atoms with Crippen molar-refractivity contribution in [3.8, 4) is 0 Å². The van der Waals surface area contributed by atoms with Gasteiger partial charge in [-0.2, -0.15) is 0 Å². The van der Waals surface area contributed by atoms with Crippen LogP contribution >= 0.6 is 11.3 Å². The van der Waals surface area contributed by atoms with Crippen LogP contribution in [0.3, 0.4) is 0 Å². The van der Waals surface area contributed by atoms with E-state index in [2.05, 4.69) is 36.2 Å². The minimum atomic E-state index is -0.0180. The molecule has 1 atom stereocenters. The first kappa shape index (κ1) is 21.5. The van der Waals surface area contributed by atoms with Crippen molar-refractivity contribution in [3.63, 3.8) is 0 Å². The van der Waals surface area contributed by atoms with E-state index in [9.17, 15) is 9.59 Å². The molecule has 29 heavy (non-hydrogen) atoms. The lowest BCUT2D eigenvalue weighted by Crippen LogP contribution is -2.45. The molecule has 1 N–H and O–H groups in total. The first-order valence-corrected chi connectivity index (χ1v) is 11.4. The first-order valence-electron chi connectivity index (χ1n) is 10.5. The lowest BCUT2D eigenvalue weighted by Gasteiger charge is -2.33. The molecule has 1 saturated heterocycles. The number of carbonyl (C=O) groups excluding carboxylic acids is 2. The number of rotatable bonds is 8. The van der Waals surface area contributed by atoms with Gasteiger partial charge in [-0.25, -0.2) is 0 Å². The first-order chi connectivity index (χ1) is 14.1. The molecule has 0 spiro atoms. The monoisotopic (exact) mass is 413 g/mol. The summed E-state index contributed by atoms with van der Waals surface area (Å²) in [6, 6.07) is 14.3. The Bertz CT molecular complexity index is 767. The van der Waals surface area contributed by atoms with E-state index in [1.54, 1.807) is 0 Å². The molecule has 0 bridgehead atoms. The fraction of sp³-hybridized carbons (Fsp3) is 0.478. The maximum atomic E-state index is 12.8. The normalized spacial score (nSPS) is 16.0. The van der Waals surface area contributed by atoms with Gasteiger partial charge < -0.3 is 10.2 Å². The summed E-state index contributed by atoms with van der Waals surface area (Å²) in [5, 5.41) is 5.11. The fourth-order valence-corrected chi connectivity index (χ4v) is 4.73. The van der Waals surface area contributed by atoms with Gasteiger partial charge in [0, 0.05) is 25.6 Å². The minimum absolute atomic E-state index is 0.0180. The van der Waals surface area contributed by atoms with Crippen LogP contribution in [0, 0.1) is 5.92 Å². The molecule has 1 aliphatic heterocycles. The number of hydrogen-bond donors (Lipinski definition) is 1. The summed E-state index contributed by atoms with van der Waals surface area (Å²) in [7, 11) is 0. The summed E-state index contributed by atoms with van der Waals surface area (Å²) in [6.07, 6.45) is 1.45. The molecule has 0 aliphatic carbocycles. The molecule has 0 saturated carbocycles. The molecule has 1 unspecified atom stereocenters. The van der Waals surface area contributed by atoms with Crippen LogP contribution in [0.1, 0.15) is 48.0 Å². The van der Waals surface area contributed by atoms with Crippen LogP contribution in [0.4, 0.5) is 0 Å². The highest BCUT2D eigenvalue weighted by molar-refractivity contribution is 7.12. The van der Waals surface area contributed by atoms with Gasteiger partial charge in [0.1, 0.15) is 0 Å². The summed E-state index contributed by atoms with van der Waals surface area (Å²) in [4.78, 5) is 30.3. The van der Waals surface area contributed by atoms with Gasteiger partial charge in [0.05, 0.1) is 10.9 Å². The van der Waals surface area contributed by atoms with E-state index in [4.69, 9.17) is 0 Å². The molecule has 6 heteroatoms. The van der Waals surface area contributed by atoms with Gasteiger partial charge in [0.25, 0.3) is 5.91 Å². The van der Waals surface area contributed by atoms with E-state index in [0.717, 1.165) is 30.8 Å². The van der Waals surface area contributed by atoms with Crippen LogP contribution in [-0.2, 0) is 4.79 Å². The Kier molecular flexibility index (Phi) is 7.83. The van der Waals surface area contributed by atoms with Gasteiger partial charge in [0.15, 0.2) is 0 Å². The summed E-state index contributed by atoms with van der Waals surface area (Å²) in [5.74, 6) is 0.182. The Balaban J connectivity index is 1.54. The van der Waals surface area contributed by atoms with Gasteiger partial charge in [0.2, 0.25) is 5.91 Å². The van der Waals surface area contributed by atoms with Crippen molar-refractivity contribution in [2.45, 2.75) is 32.7 Å². The second kappa shape index (κ2) is 10.6. The number of likely N-dealkylation sites (tertiary alicyclic amines) is 1. The third-order valence-electron chi connectivity index (χ3n) is 5.79. The summed E-state index contributed by atoms with van der Waals surface area (Å²) in [5.41, 5.74) is 1.23. The van der Waals surface area contributed by atoms with Crippen molar-refractivity contribution < 1.29 is 9.59 Å². The highest BCUT2D eigenvalue weighted by Gasteiger charge is 2.29. The van der Waals surface area contributed by atoms with Gasteiger partial charge in [-0.05, 0) is 42.9 Å². The maximum Gasteiger partial charge on any atom is 0.263 e. The van der Waals surface area contributed by atoms with E-state index < -0.39 is 0 Å². The maximum absolute atomic E-state index is 12.8. The standard InChI is InChI=1S/C23H31N3O2S/c1-3-25(4-2)20(18-9-6-5-7-10-18)17-24-22(27)19-12-14-26(15-13-19)23(28)21-11-8-16-29-21/h5-11,16,19-20H,3-4,12-15,17H2,1-2H3,(H,24,27). The smallest absolute Gasteiger partial charge is 0.263 e. The van der Waals surface area contributed by atoms with Crippen molar-refractivity contribution in [1.82, 2.24) is 15.1 Å². The number of nitrogens with zero attached hydrogens (tertiary/aromatic N) is 2. The molecule has 1 aliphatic rings. The Morgan fingerprint density at radius 3 is 2.38 bits per heavy atom. The number of amides is 2. The zero-order valence-corrected chi connectivity index (χ0v) is 18.2. The Morgan fingerprint density at radius 2 is 1.79 bits per heavy atom. The number of hydrogen-bond acceptors (Lipinski definition) is 4. The topological polar surface area (TPSA) is 52.7 Å². The summed E-state index contributed by atoms with van der Waals surface area (Å²) in [6.45, 7) is 8.09. The summed E-state index contributed by atoms with van der Waals surface area (Å²) >= 11 is 1.47. The largest absolute Gasteiger partial charge is 0.354 e. The van der Waals surface area contributed by atoms with Crippen LogP contribution in [0.5, 0.6) is 0 Å². The highest BCUT2D eigenvalue weighted by atomic mass is 32.1. The number of nitrogens with one attached hydrogen (secondary N) is 1. The molecular weight excluding hydrogens is 382 g/mol. The zero-order chi connectivity index (χ0) is 20.6. The van der Waals surface area contributed by atoms with E-state index in [1.807, 2.05) is 40.6 Å². The van der Waals surface area contributed by atoms with Crippen LogP contribution in [-0.4, -0.2) is 54.3 Å². The molecule has 3 rings (SSSR count). The molecule has 0 radical (unpaired) electrons. The third kappa shape index (κ3) is 5.46. The van der Waals surface area contributed by atoms with Gasteiger partial charge >= 0.3 is 0 Å². The zero-order valence-electron chi connectivity index (χ0n) is 17.3. The highest BCUT2D eigenvalue weighted by Crippen LogP contribution is 2.23. The summed E-state index contributed by atoms with van der Waals surface area (Å²) < 4.78 is 0. The van der Waals surface area contributed by atoms with Gasteiger partial charge in [-0.3, -0.25) is 14.5 Å². The number of piperidine rings is 1. The molecule has 1 aromatic heterocycles. The molecule has 2 heterocycles. The van der Waals surface area contributed by atoms with Crippen molar-refractivity contribution in [2.75, 3.05) is 32.7 Å². The minimum Gasteiger partial charge on any atom is -0.354 e. The number of carbonyl (C=O) groups is 2. The Morgan fingerprint density at radius 1 is 1.10 bits per heavy atom. The SMILES string of the molecule is CCN(CC)C(CNC(=O)C1CCN(C(=O)c2cccs2)CC1)c1ccccc1. The van der Waals surface area contributed by atoms with Crippen LogP contribution in [0.2, 0.25) is 0 Å². The van der Waals surface area contributed by atoms with Gasteiger partial charge in [-0.1, -0.05) is 50.2 Å². The second-order valence-corrected chi connectivity index (χ2v) is 8.38. The van der Waals surface area contributed by atoms with Crippen LogP contribution in [0.15, 0.2) is 47.8 Å². The molecule has 2 amide bonds. The van der Waals surface area contributed by atoms with Crippen molar-refractivity contribution >= 4 is 23.2 Å². The number of likely N-dealkylation sites (N-methyl/N-ethyl adjacent to an activating group) is 1. The van der Waals surface area contributed by atoms with E-state index in [1.165, 1.54) is 16.9 Å². The fourth-order valence-electron chi connectivity index (χ4n) is 4.04.